The molecule has 0 atom stereocenters. The molecule has 1 aromatic carbocycles. The molecule has 0 aliphatic carbocycles. The first-order valence-electron chi connectivity index (χ1n) is 4.47. The Labute approximate surface area is 101 Å². The maximum Gasteiger partial charge on any atom is 0.174 e. The van der Waals surface area contributed by atoms with Crippen LogP contribution >= 0.6 is 23.3 Å². The van der Waals surface area contributed by atoms with Gasteiger partial charge in [0.25, 0.3) is 0 Å². The van der Waals surface area contributed by atoms with Crippen LogP contribution in [0.25, 0.3) is 0 Å². The van der Waals surface area contributed by atoms with E-state index in [1.54, 1.807) is 12.1 Å². The van der Waals surface area contributed by atoms with Gasteiger partial charge in [0.15, 0.2) is 4.34 Å². The van der Waals surface area contributed by atoms with E-state index in [0.717, 1.165) is 15.1 Å². The van der Waals surface area contributed by atoms with E-state index in [1.165, 1.54) is 23.3 Å². The van der Waals surface area contributed by atoms with Gasteiger partial charge in [0.1, 0.15) is 11.9 Å². The molecule has 0 saturated heterocycles. The summed E-state index contributed by atoms with van der Waals surface area (Å²) in [6.07, 6.45) is 0. The van der Waals surface area contributed by atoms with Crippen LogP contribution in [0.2, 0.25) is 0 Å². The van der Waals surface area contributed by atoms with E-state index in [4.69, 9.17) is 11.0 Å². The maximum absolute atomic E-state index is 8.97. The quantitative estimate of drug-likeness (QED) is 0.826. The summed E-state index contributed by atoms with van der Waals surface area (Å²) in [5, 5.41) is 8.97. The Balaban J connectivity index is 2.31. The maximum atomic E-state index is 8.97. The topological polar surface area (TPSA) is 75.6 Å². The van der Waals surface area contributed by atoms with Crippen LogP contribution < -0.4 is 5.73 Å². The minimum Gasteiger partial charge on any atom is -0.399 e. The zero-order chi connectivity index (χ0) is 11.5. The number of anilines is 1. The van der Waals surface area contributed by atoms with E-state index >= 15 is 0 Å². The van der Waals surface area contributed by atoms with Crippen LogP contribution in [0.3, 0.4) is 0 Å². The predicted octanol–water partition coefficient (Wildman–Crippen LogP) is 2.45. The highest BCUT2D eigenvalue weighted by atomic mass is 32.2. The van der Waals surface area contributed by atoms with Crippen molar-refractivity contribution in [2.24, 2.45) is 0 Å². The van der Waals surface area contributed by atoms with Gasteiger partial charge in [-0.1, -0.05) is 11.8 Å². The largest absolute Gasteiger partial charge is 0.399 e. The van der Waals surface area contributed by atoms with Gasteiger partial charge in [-0.15, -0.1) is 0 Å². The van der Waals surface area contributed by atoms with Crippen LogP contribution in [0.4, 0.5) is 5.69 Å². The summed E-state index contributed by atoms with van der Waals surface area (Å²) in [4.78, 5) is 5.09. The molecule has 1 aromatic heterocycles. The molecule has 16 heavy (non-hydrogen) atoms. The smallest absolute Gasteiger partial charge is 0.174 e. The van der Waals surface area contributed by atoms with Crippen molar-refractivity contribution < 1.29 is 0 Å². The van der Waals surface area contributed by atoms with Crippen LogP contribution in [0.1, 0.15) is 11.4 Å². The van der Waals surface area contributed by atoms with Gasteiger partial charge >= 0.3 is 0 Å². The van der Waals surface area contributed by atoms with Crippen LogP contribution in [-0.4, -0.2) is 9.36 Å². The van der Waals surface area contributed by atoms with Gasteiger partial charge in [0, 0.05) is 10.6 Å². The Bertz CT molecular complexity index is 556. The van der Waals surface area contributed by atoms with Crippen LogP contribution in [0.15, 0.2) is 27.4 Å². The molecular weight excluding hydrogens is 240 g/mol. The predicted molar refractivity (Wildman–Crippen MR) is 64.3 cm³/mol. The Kier molecular flexibility index (Phi) is 3.08. The van der Waals surface area contributed by atoms with Crippen molar-refractivity contribution in [2.75, 3.05) is 5.73 Å². The lowest BCUT2D eigenvalue weighted by molar-refractivity contribution is 1.10. The lowest BCUT2D eigenvalue weighted by Gasteiger charge is -2.01. The van der Waals surface area contributed by atoms with Crippen molar-refractivity contribution >= 4 is 29.0 Å². The van der Waals surface area contributed by atoms with Crippen LogP contribution in [0.5, 0.6) is 0 Å². The van der Waals surface area contributed by atoms with E-state index < -0.39 is 0 Å². The minimum atomic E-state index is 0.567. The molecule has 0 saturated carbocycles. The van der Waals surface area contributed by atoms with E-state index in [2.05, 4.69) is 15.4 Å². The Morgan fingerprint density at radius 3 is 2.94 bits per heavy atom. The summed E-state index contributed by atoms with van der Waals surface area (Å²) in [5.74, 6) is 0.751. The highest BCUT2D eigenvalue weighted by molar-refractivity contribution is 8.01. The number of benzene rings is 1. The number of aromatic nitrogens is 2. The van der Waals surface area contributed by atoms with Gasteiger partial charge in [0.2, 0.25) is 0 Å². The van der Waals surface area contributed by atoms with E-state index in [0.29, 0.717) is 11.3 Å². The SMILES string of the molecule is Cc1nsc(Sc2ccc(N)cc2C#N)n1. The van der Waals surface area contributed by atoms with Gasteiger partial charge in [-0.25, -0.2) is 4.98 Å². The number of nitrogens with two attached hydrogens (primary N) is 1. The molecule has 80 valence electrons. The summed E-state index contributed by atoms with van der Waals surface area (Å²) >= 11 is 2.76. The van der Waals surface area contributed by atoms with Crippen molar-refractivity contribution in [2.45, 2.75) is 16.2 Å². The first kappa shape index (κ1) is 10.9. The number of hydrogen-bond acceptors (Lipinski definition) is 6. The normalized spacial score (nSPS) is 10.0. The Morgan fingerprint density at radius 1 is 1.50 bits per heavy atom. The fourth-order valence-electron chi connectivity index (χ4n) is 1.14. The number of nitriles is 1. The molecule has 0 unspecified atom stereocenters. The third kappa shape index (κ3) is 2.32. The molecule has 0 fully saturated rings. The molecule has 0 aliphatic rings. The molecular formula is C10H8N4S2. The fourth-order valence-corrected chi connectivity index (χ4v) is 2.81. The second kappa shape index (κ2) is 4.51. The standard InChI is InChI=1S/C10H8N4S2/c1-6-13-10(16-14-6)15-9-3-2-8(12)4-7(9)5-11/h2-4H,12H2,1H3. The van der Waals surface area contributed by atoms with Gasteiger partial charge in [-0.3, -0.25) is 0 Å². The van der Waals surface area contributed by atoms with Gasteiger partial charge in [-0.05, 0) is 36.7 Å². The van der Waals surface area contributed by atoms with Crippen molar-refractivity contribution in [1.29, 1.82) is 5.26 Å². The van der Waals surface area contributed by atoms with E-state index in [9.17, 15) is 0 Å². The van der Waals surface area contributed by atoms with Crippen LogP contribution in [0, 0.1) is 18.3 Å². The fraction of sp³-hybridized carbons (Fsp3) is 0.100. The molecule has 6 heteroatoms. The lowest BCUT2D eigenvalue weighted by Crippen LogP contribution is -1.87. The zero-order valence-corrected chi connectivity index (χ0v) is 10.1. The minimum absolute atomic E-state index is 0.567. The lowest BCUT2D eigenvalue weighted by atomic mass is 10.2. The zero-order valence-electron chi connectivity index (χ0n) is 8.47. The second-order valence-corrected chi connectivity index (χ2v) is 5.12. The van der Waals surface area contributed by atoms with Gasteiger partial charge < -0.3 is 5.73 Å². The van der Waals surface area contributed by atoms with E-state index in [-0.39, 0.29) is 0 Å². The second-order valence-electron chi connectivity index (χ2n) is 3.08. The summed E-state index contributed by atoms with van der Waals surface area (Å²) in [6.45, 7) is 1.84. The van der Waals surface area contributed by atoms with Gasteiger partial charge in [-0.2, -0.15) is 9.64 Å². The summed E-state index contributed by atoms with van der Waals surface area (Å²) in [6, 6.07) is 7.39. The van der Waals surface area contributed by atoms with Crippen molar-refractivity contribution in [3.8, 4) is 6.07 Å². The molecule has 2 N–H and O–H groups in total. The molecule has 2 rings (SSSR count). The third-order valence-corrected chi connectivity index (χ3v) is 3.75. The number of rotatable bonds is 2. The summed E-state index contributed by atoms with van der Waals surface area (Å²) in [7, 11) is 0. The number of nitrogen functional groups attached to an aromatic ring is 1. The van der Waals surface area contributed by atoms with Crippen molar-refractivity contribution in [1.82, 2.24) is 9.36 Å². The Morgan fingerprint density at radius 2 is 2.31 bits per heavy atom. The van der Waals surface area contributed by atoms with Crippen LogP contribution in [-0.2, 0) is 0 Å². The molecule has 0 bridgehead atoms. The molecule has 0 radical (unpaired) electrons. The number of hydrogen-bond donors (Lipinski definition) is 1. The highest BCUT2D eigenvalue weighted by Crippen LogP contribution is 2.32. The first-order valence-corrected chi connectivity index (χ1v) is 6.06. The van der Waals surface area contributed by atoms with Gasteiger partial charge in [0.05, 0.1) is 5.56 Å². The van der Waals surface area contributed by atoms with Crippen molar-refractivity contribution in [3.05, 3.63) is 29.6 Å². The highest BCUT2D eigenvalue weighted by Gasteiger charge is 2.07. The molecule has 0 spiro atoms. The average Bonchev–Trinajstić information content (AvgIpc) is 2.67. The molecule has 1 heterocycles. The molecule has 2 aromatic rings. The number of nitrogens with zero attached hydrogens (tertiary/aromatic N) is 3. The number of aryl methyl sites for hydroxylation is 1. The first-order chi connectivity index (χ1) is 7.69. The molecule has 0 aliphatic heterocycles. The molecule has 0 amide bonds. The summed E-state index contributed by atoms with van der Waals surface area (Å²) in [5.41, 5.74) is 6.77. The summed E-state index contributed by atoms with van der Waals surface area (Å²) < 4.78 is 4.92. The monoisotopic (exact) mass is 248 g/mol. The third-order valence-electron chi connectivity index (χ3n) is 1.83. The van der Waals surface area contributed by atoms with Crippen molar-refractivity contribution in [3.63, 3.8) is 0 Å². The Hall–Kier alpha value is -1.58. The van der Waals surface area contributed by atoms with E-state index in [1.807, 2.05) is 13.0 Å². The average molecular weight is 248 g/mol. The molecule has 4 nitrogen and oxygen atoms in total.